The molecule has 1 heterocycles. The van der Waals surface area contributed by atoms with Gasteiger partial charge in [0.2, 0.25) is 0 Å². The van der Waals surface area contributed by atoms with E-state index < -0.39 is 0 Å². The van der Waals surface area contributed by atoms with Crippen LogP contribution in [0.2, 0.25) is 0 Å². The summed E-state index contributed by atoms with van der Waals surface area (Å²) in [5, 5.41) is 0.995. The number of methoxy groups -OCH3 is 1. The highest BCUT2D eigenvalue weighted by molar-refractivity contribution is 6.17. The second-order valence-electron chi connectivity index (χ2n) is 4.15. The fourth-order valence-electron chi connectivity index (χ4n) is 1.85. The second-order valence-corrected chi connectivity index (χ2v) is 4.41. The monoisotopic (exact) mass is 265 g/mol. The second kappa shape index (κ2) is 6.03. The first-order valence-corrected chi connectivity index (χ1v) is 6.38. The van der Waals surface area contributed by atoms with Crippen LogP contribution in [0.15, 0.2) is 30.3 Å². The molecule has 0 radical (unpaired) electrons. The van der Waals surface area contributed by atoms with Crippen LogP contribution < -0.4 is 4.74 Å². The van der Waals surface area contributed by atoms with Gasteiger partial charge in [-0.2, -0.15) is 0 Å². The lowest BCUT2D eigenvalue weighted by molar-refractivity contribution is 0.0930. The summed E-state index contributed by atoms with van der Waals surface area (Å²) in [6, 6.07) is 9.77. The van der Waals surface area contributed by atoms with Crippen molar-refractivity contribution in [3.05, 3.63) is 36.0 Å². The molecule has 2 rings (SSSR count). The number of benzene rings is 1. The third-order valence-corrected chi connectivity index (χ3v) is 2.87. The first kappa shape index (κ1) is 13.1. The van der Waals surface area contributed by atoms with Crippen LogP contribution in [0.3, 0.4) is 0 Å². The minimum Gasteiger partial charge on any atom is -0.488 e. The van der Waals surface area contributed by atoms with Gasteiger partial charge in [-0.05, 0) is 19.1 Å². The SMILES string of the molecule is COCC(C)Oc1cc(CCl)nc2ccccc12. The van der Waals surface area contributed by atoms with Crippen LogP contribution in [0.4, 0.5) is 0 Å². The van der Waals surface area contributed by atoms with Crippen LogP contribution in [0.25, 0.3) is 10.9 Å². The van der Waals surface area contributed by atoms with Gasteiger partial charge in [-0.3, -0.25) is 4.98 Å². The average molecular weight is 266 g/mol. The Balaban J connectivity index is 2.40. The molecule has 1 aromatic heterocycles. The number of aromatic nitrogens is 1. The highest BCUT2D eigenvalue weighted by atomic mass is 35.5. The third kappa shape index (κ3) is 2.92. The van der Waals surface area contributed by atoms with Crippen molar-refractivity contribution in [2.45, 2.75) is 18.9 Å². The van der Waals surface area contributed by atoms with Gasteiger partial charge in [0.15, 0.2) is 0 Å². The van der Waals surface area contributed by atoms with Gasteiger partial charge in [0.05, 0.1) is 23.7 Å². The van der Waals surface area contributed by atoms with E-state index >= 15 is 0 Å². The van der Waals surface area contributed by atoms with E-state index in [-0.39, 0.29) is 6.10 Å². The zero-order chi connectivity index (χ0) is 13.0. The number of hydrogen-bond acceptors (Lipinski definition) is 3. The van der Waals surface area contributed by atoms with Gasteiger partial charge >= 0.3 is 0 Å². The number of nitrogens with zero attached hydrogens (tertiary/aromatic N) is 1. The number of rotatable bonds is 5. The summed E-state index contributed by atoms with van der Waals surface area (Å²) in [4.78, 5) is 4.46. The Morgan fingerprint density at radius 2 is 2.11 bits per heavy atom. The van der Waals surface area contributed by atoms with E-state index in [2.05, 4.69) is 4.98 Å². The summed E-state index contributed by atoms with van der Waals surface area (Å²) in [7, 11) is 1.66. The fraction of sp³-hybridized carbons (Fsp3) is 0.357. The molecule has 0 bridgehead atoms. The molecular weight excluding hydrogens is 250 g/mol. The summed E-state index contributed by atoms with van der Waals surface area (Å²) in [6.45, 7) is 2.52. The summed E-state index contributed by atoms with van der Waals surface area (Å²) in [5.74, 6) is 1.18. The summed E-state index contributed by atoms with van der Waals surface area (Å²) in [5.41, 5.74) is 1.71. The lowest BCUT2D eigenvalue weighted by Gasteiger charge is -2.16. The molecule has 0 aliphatic heterocycles. The van der Waals surface area contributed by atoms with Crippen LogP contribution >= 0.6 is 11.6 Å². The normalized spacial score (nSPS) is 12.6. The topological polar surface area (TPSA) is 31.4 Å². The van der Waals surface area contributed by atoms with Gasteiger partial charge in [0.25, 0.3) is 0 Å². The van der Waals surface area contributed by atoms with E-state index in [9.17, 15) is 0 Å². The number of para-hydroxylation sites is 1. The maximum atomic E-state index is 5.89. The van der Waals surface area contributed by atoms with Crippen LogP contribution in [0.1, 0.15) is 12.6 Å². The molecule has 4 heteroatoms. The molecule has 0 saturated carbocycles. The number of hydrogen-bond donors (Lipinski definition) is 0. The molecule has 0 fully saturated rings. The first-order valence-electron chi connectivity index (χ1n) is 5.85. The van der Waals surface area contributed by atoms with E-state index in [0.29, 0.717) is 12.5 Å². The Morgan fingerprint density at radius 1 is 1.33 bits per heavy atom. The Bertz CT molecular complexity index is 530. The molecule has 0 spiro atoms. The molecular formula is C14H16ClNO2. The fourth-order valence-corrected chi connectivity index (χ4v) is 1.98. The molecule has 0 aliphatic rings. The summed E-state index contributed by atoms with van der Waals surface area (Å²) >= 11 is 5.85. The van der Waals surface area contributed by atoms with Gasteiger partial charge in [-0.15, -0.1) is 11.6 Å². The number of halogens is 1. The molecule has 1 aromatic carbocycles. The van der Waals surface area contributed by atoms with Crippen molar-refractivity contribution in [1.82, 2.24) is 4.98 Å². The van der Waals surface area contributed by atoms with Gasteiger partial charge in [0.1, 0.15) is 11.9 Å². The quantitative estimate of drug-likeness (QED) is 0.777. The molecule has 0 aliphatic carbocycles. The van der Waals surface area contributed by atoms with Crippen molar-refractivity contribution in [1.29, 1.82) is 0 Å². The predicted octanol–water partition coefficient (Wildman–Crippen LogP) is 3.39. The zero-order valence-corrected chi connectivity index (χ0v) is 11.3. The van der Waals surface area contributed by atoms with E-state index in [1.165, 1.54) is 0 Å². The Kier molecular flexibility index (Phi) is 4.39. The Morgan fingerprint density at radius 3 is 2.83 bits per heavy atom. The number of fused-ring (bicyclic) bond motifs is 1. The van der Waals surface area contributed by atoms with Crippen LogP contribution in [-0.2, 0) is 10.6 Å². The van der Waals surface area contributed by atoms with E-state index in [4.69, 9.17) is 21.1 Å². The largest absolute Gasteiger partial charge is 0.488 e. The van der Waals surface area contributed by atoms with Crippen molar-refractivity contribution >= 4 is 22.5 Å². The van der Waals surface area contributed by atoms with Crippen molar-refractivity contribution in [2.24, 2.45) is 0 Å². The average Bonchev–Trinajstić information content (AvgIpc) is 2.38. The maximum absolute atomic E-state index is 5.89. The number of ether oxygens (including phenoxy) is 2. The highest BCUT2D eigenvalue weighted by Gasteiger charge is 2.09. The third-order valence-electron chi connectivity index (χ3n) is 2.60. The van der Waals surface area contributed by atoms with Crippen LogP contribution in [-0.4, -0.2) is 24.8 Å². The standard InChI is InChI=1S/C14H16ClNO2/c1-10(9-17-2)18-14-7-11(8-15)16-13-6-4-3-5-12(13)14/h3-7,10H,8-9H2,1-2H3. The number of pyridine rings is 1. The molecule has 1 atom stereocenters. The summed E-state index contributed by atoms with van der Waals surface area (Å²) < 4.78 is 11.0. The van der Waals surface area contributed by atoms with E-state index in [0.717, 1.165) is 22.3 Å². The molecule has 1 unspecified atom stereocenters. The Hall–Kier alpha value is -1.32. The minimum absolute atomic E-state index is 0.0102. The molecule has 18 heavy (non-hydrogen) atoms. The lowest BCUT2D eigenvalue weighted by Crippen LogP contribution is -2.18. The van der Waals surface area contributed by atoms with Gasteiger partial charge in [-0.1, -0.05) is 12.1 Å². The van der Waals surface area contributed by atoms with Gasteiger partial charge < -0.3 is 9.47 Å². The zero-order valence-electron chi connectivity index (χ0n) is 10.5. The number of alkyl halides is 1. The highest BCUT2D eigenvalue weighted by Crippen LogP contribution is 2.26. The lowest BCUT2D eigenvalue weighted by atomic mass is 10.2. The minimum atomic E-state index is -0.0102. The molecule has 0 saturated heterocycles. The Labute approximate surface area is 112 Å². The summed E-state index contributed by atoms with van der Waals surface area (Å²) in [6.07, 6.45) is -0.0102. The molecule has 2 aromatic rings. The first-order chi connectivity index (χ1) is 8.74. The van der Waals surface area contributed by atoms with Crippen molar-refractivity contribution < 1.29 is 9.47 Å². The van der Waals surface area contributed by atoms with Crippen molar-refractivity contribution in [2.75, 3.05) is 13.7 Å². The van der Waals surface area contributed by atoms with Crippen molar-refractivity contribution in [3.8, 4) is 5.75 Å². The molecule has 96 valence electrons. The smallest absolute Gasteiger partial charge is 0.131 e. The van der Waals surface area contributed by atoms with E-state index in [1.54, 1.807) is 7.11 Å². The molecule has 0 amide bonds. The van der Waals surface area contributed by atoms with Crippen molar-refractivity contribution in [3.63, 3.8) is 0 Å². The van der Waals surface area contributed by atoms with Gasteiger partial charge in [-0.25, -0.2) is 0 Å². The molecule has 3 nitrogen and oxygen atoms in total. The van der Waals surface area contributed by atoms with E-state index in [1.807, 2.05) is 37.3 Å². The predicted molar refractivity (Wildman–Crippen MR) is 73.3 cm³/mol. The van der Waals surface area contributed by atoms with Crippen LogP contribution in [0, 0.1) is 0 Å². The van der Waals surface area contributed by atoms with Crippen LogP contribution in [0.5, 0.6) is 5.75 Å². The maximum Gasteiger partial charge on any atom is 0.131 e. The molecule has 0 N–H and O–H groups in total. The van der Waals surface area contributed by atoms with Gasteiger partial charge in [0, 0.05) is 18.6 Å².